The molecule has 9 nitrogen and oxygen atoms in total. The van der Waals surface area contributed by atoms with Crippen LogP contribution in [0.4, 0.5) is 0 Å². The van der Waals surface area contributed by atoms with Crippen LogP contribution in [0.1, 0.15) is 0 Å². The highest BCUT2D eigenvalue weighted by molar-refractivity contribution is 6.23. The molecular weight excluding hydrogens is 753 g/mol. The Morgan fingerprint density at radius 3 is 1.82 bits per heavy atom. The second-order valence-corrected chi connectivity index (χ2v) is 15.1. The number of pyridine rings is 2. The lowest BCUT2D eigenvalue weighted by Gasteiger charge is -2.14. The minimum Gasteiger partial charge on any atom is -0.435 e. The summed E-state index contributed by atoms with van der Waals surface area (Å²) in [6.45, 7) is 0. The van der Waals surface area contributed by atoms with Crippen molar-refractivity contribution in [2.75, 3.05) is 0 Å². The molecule has 0 aliphatic heterocycles. The zero-order chi connectivity index (χ0) is 40.0. The zero-order valence-electron chi connectivity index (χ0n) is 32.3. The van der Waals surface area contributed by atoms with Gasteiger partial charge in [0.1, 0.15) is 5.52 Å². The number of nitrogens with zero attached hydrogens (tertiary/aromatic N) is 8. The molecule has 0 amide bonds. The van der Waals surface area contributed by atoms with Crippen LogP contribution in [0, 0.1) is 0 Å². The highest BCUT2D eigenvalue weighted by atomic mass is 16.3. The van der Waals surface area contributed by atoms with Crippen molar-refractivity contribution >= 4 is 76.5 Å². The van der Waals surface area contributed by atoms with Crippen molar-refractivity contribution < 1.29 is 4.42 Å². The van der Waals surface area contributed by atoms with Gasteiger partial charge in [0.05, 0.1) is 38.7 Å². The van der Waals surface area contributed by atoms with Crippen molar-refractivity contribution in [3.63, 3.8) is 0 Å². The zero-order valence-corrected chi connectivity index (χ0v) is 32.3. The minimum atomic E-state index is 0.450. The average Bonchev–Trinajstić information content (AvgIpc) is 4.02. The van der Waals surface area contributed by atoms with Gasteiger partial charge >= 0.3 is 0 Å². The Morgan fingerprint density at radius 2 is 1.05 bits per heavy atom. The summed E-state index contributed by atoms with van der Waals surface area (Å²) in [5, 5.41) is 6.28. The molecule has 0 saturated heterocycles. The topological polar surface area (TPSA) is 100 Å². The Hall–Kier alpha value is -8.56. The van der Waals surface area contributed by atoms with Crippen LogP contribution in [-0.4, -0.2) is 39.0 Å². The summed E-state index contributed by atoms with van der Waals surface area (Å²) in [6, 6.07) is 58.0. The second kappa shape index (κ2) is 13.0. The van der Waals surface area contributed by atoms with E-state index < -0.39 is 0 Å². The molecule has 6 heterocycles. The van der Waals surface area contributed by atoms with Crippen molar-refractivity contribution in [2.24, 2.45) is 0 Å². The smallest absolute Gasteiger partial charge is 0.238 e. The maximum Gasteiger partial charge on any atom is 0.238 e. The number of rotatable bonds is 5. The van der Waals surface area contributed by atoms with Gasteiger partial charge in [-0.05, 0) is 66.7 Å². The summed E-state index contributed by atoms with van der Waals surface area (Å²) in [5.41, 5.74) is 10.5. The second-order valence-electron chi connectivity index (χ2n) is 15.1. The molecule has 0 unspecified atom stereocenters. The maximum atomic E-state index is 6.60. The van der Waals surface area contributed by atoms with E-state index in [4.69, 9.17) is 34.3 Å². The third-order valence-electron chi connectivity index (χ3n) is 11.7. The monoisotopic (exact) mass is 782 g/mol. The molecule has 0 aliphatic rings. The molecule has 13 aromatic rings. The van der Waals surface area contributed by atoms with E-state index in [-0.39, 0.29) is 0 Å². The van der Waals surface area contributed by atoms with E-state index in [0.717, 1.165) is 82.2 Å². The SMILES string of the molecule is c1ccc(-c2nc3cccc(-c4nc(-c5cc6cccnc6c6ncccc56)nc(-n5c6ccccc6c6ccc7c8ccccc8n(-c8ccccc8)c7c65)n4)c3o2)cc1. The third-order valence-corrected chi connectivity index (χ3v) is 11.7. The van der Waals surface area contributed by atoms with Gasteiger partial charge in [-0.2, -0.15) is 9.97 Å². The number of hydrogen-bond acceptors (Lipinski definition) is 7. The van der Waals surface area contributed by atoms with Gasteiger partial charge in [0.25, 0.3) is 0 Å². The van der Waals surface area contributed by atoms with Gasteiger partial charge < -0.3 is 8.98 Å². The van der Waals surface area contributed by atoms with Gasteiger partial charge in [-0.15, -0.1) is 0 Å². The molecule has 0 radical (unpaired) electrons. The van der Waals surface area contributed by atoms with Gasteiger partial charge in [0.15, 0.2) is 17.2 Å². The van der Waals surface area contributed by atoms with Crippen LogP contribution in [0.5, 0.6) is 0 Å². The summed E-state index contributed by atoms with van der Waals surface area (Å²) in [5.74, 6) is 1.93. The quantitative estimate of drug-likeness (QED) is 0.160. The number of hydrogen-bond donors (Lipinski definition) is 0. The van der Waals surface area contributed by atoms with E-state index in [0.29, 0.717) is 40.2 Å². The number of fused-ring (bicyclic) bond motifs is 11. The first-order chi connectivity index (χ1) is 30.3. The summed E-state index contributed by atoms with van der Waals surface area (Å²) in [4.78, 5) is 30.7. The molecule has 284 valence electrons. The van der Waals surface area contributed by atoms with E-state index in [1.807, 2.05) is 60.7 Å². The van der Waals surface area contributed by atoms with Crippen molar-refractivity contribution in [1.82, 2.24) is 39.0 Å². The molecule has 0 spiro atoms. The lowest BCUT2D eigenvalue weighted by molar-refractivity contribution is 0.620. The highest BCUT2D eigenvalue weighted by Crippen LogP contribution is 2.42. The molecule has 0 N–H and O–H groups in total. The van der Waals surface area contributed by atoms with E-state index in [1.54, 1.807) is 12.4 Å². The highest BCUT2D eigenvalue weighted by Gasteiger charge is 2.25. The summed E-state index contributed by atoms with van der Waals surface area (Å²) < 4.78 is 11.2. The number of oxazole rings is 1. The van der Waals surface area contributed by atoms with Crippen LogP contribution >= 0.6 is 0 Å². The van der Waals surface area contributed by atoms with Crippen LogP contribution in [0.3, 0.4) is 0 Å². The molecule has 0 atom stereocenters. The predicted molar refractivity (Wildman–Crippen MR) is 243 cm³/mol. The van der Waals surface area contributed by atoms with Crippen molar-refractivity contribution in [1.29, 1.82) is 0 Å². The standard InChI is InChI=1S/C52H30N8O/c1-3-14-31(15-4-1)51-55-41-23-11-21-39(48(41)61-51)49-56-50(40-30-32-16-12-28-53-44(32)45-36(40)22-13-29-54-45)58-52(57-49)60-43-25-10-8-20-35(43)38-27-26-37-34-19-7-9-24-42(34)59(46(37)47(38)60)33-17-5-2-6-18-33/h1-30H. The third kappa shape index (κ3) is 5.01. The molecule has 61 heavy (non-hydrogen) atoms. The number of benzene rings is 7. The molecule has 0 bridgehead atoms. The lowest BCUT2D eigenvalue weighted by Crippen LogP contribution is -2.07. The van der Waals surface area contributed by atoms with E-state index in [1.165, 1.54) is 0 Å². The van der Waals surface area contributed by atoms with Crippen LogP contribution in [-0.2, 0) is 0 Å². The van der Waals surface area contributed by atoms with Crippen molar-refractivity contribution in [2.45, 2.75) is 0 Å². The molecular formula is C52H30N8O. The van der Waals surface area contributed by atoms with E-state index >= 15 is 0 Å². The number of para-hydroxylation sites is 4. The minimum absolute atomic E-state index is 0.450. The molecule has 7 aromatic carbocycles. The van der Waals surface area contributed by atoms with Gasteiger partial charge in [-0.3, -0.25) is 14.5 Å². The van der Waals surface area contributed by atoms with Crippen LogP contribution in [0.25, 0.3) is 122 Å². The normalized spacial score (nSPS) is 11.9. The van der Waals surface area contributed by atoms with Crippen LogP contribution in [0.15, 0.2) is 187 Å². The van der Waals surface area contributed by atoms with Gasteiger partial charge in [-0.1, -0.05) is 103 Å². The molecule has 0 aliphatic carbocycles. The Kier molecular flexibility index (Phi) is 7.11. The van der Waals surface area contributed by atoms with Gasteiger partial charge in [0, 0.05) is 61.5 Å². The van der Waals surface area contributed by atoms with Crippen LogP contribution < -0.4 is 0 Å². The Bertz CT molecular complexity index is 3890. The summed E-state index contributed by atoms with van der Waals surface area (Å²) in [7, 11) is 0. The summed E-state index contributed by atoms with van der Waals surface area (Å²) >= 11 is 0. The van der Waals surface area contributed by atoms with Gasteiger partial charge in [-0.25, -0.2) is 9.97 Å². The Labute approximate surface area is 346 Å². The fourth-order valence-corrected chi connectivity index (χ4v) is 9.05. The molecule has 0 fully saturated rings. The average molecular weight is 783 g/mol. The Balaban J connectivity index is 1.18. The molecule has 0 saturated carbocycles. The van der Waals surface area contributed by atoms with Crippen molar-refractivity contribution in [3.05, 3.63) is 182 Å². The molecule has 13 rings (SSSR count). The van der Waals surface area contributed by atoms with Gasteiger partial charge in [0.2, 0.25) is 11.8 Å². The Morgan fingerprint density at radius 1 is 0.426 bits per heavy atom. The molecule has 9 heteroatoms. The fraction of sp³-hybridized carbons (Fsp3) is 0. The van der Waals surface area contributed by atoms with E-state index in [9.17, 15) is 0 Å². The number of aromatic nitrogens is 8. The molecule has 6 aromatic heterocycles. The first-order valence-corrected chi connectivity index (χ1v) is 20.1. The first kappa shape index (κ1) is 33.4. The summed E-state index contributed by atoms with van der Waals surface area (Å²) in [6.07, 6.45) is 3.60. The van der Waals surface area contributed by atoms with E-state index in [2.05, 4.69) is 118 Å². The maximum absolute atomic E-state index is 6.60. The predicted octanol–water partition coefficient (Wildman–Crippen LogP) is 12.3. The first-order valence-electron chi connectivity index (χ1n) is 20.1. The van der Waals surface area contributed by atoms with Crippen LogP contribution in [0.2, 0.25) is 0 Å². The van der Waals surface area contributed by atoms with Crippen molar-refractivity contribution in [3.8, 4) is 45.9 Å². The largest absolute Gasteiger partial charge is 0.435 e. The fourth-order valence-electron chi connectivity index (χ4n) is 9.05. The lowest BCUT2D eigenvalue weighted by atomic mass is 10.0.